The third kappa shape index (κ3) is 3.99. The molecule has 4 nitrogen and oxygen atoms in total. The molecule has 2 bridgehead atoms. The van der Waals surface area contributed by atoms with Crippen LogP contribution in [0.5, 0.6) is 0 Å². The zero-order valence-electron chi connectivity index (χ0n) is 12.7. The first kappa shape index (κ1) is 16.6. The Balaban J connectivity index is 1.44. The number of halogens is 2. The quantitative estimate of drug-likeness (QED) is 0.801. The summed E-state index contributed by atoms with van der Waals surface area (Å²) in [5.41, 5.74) is 0.338. The van der Waals surface area contributed by atoms with Crippen LogP contribution in [0.3, 0.4) is 0 Å². The van der Waals surface area contributed by atoms with Gasteiger partial charge in [0, 0.05) is 6.42 Å². The van der Waals surface area contributed by atoms with E-state index in [9.17, 15) is 9.59 Å². The minimum atomic E-state index is -0.443. The van der Waals surface area contributed by atoms with E-state index in [1.807, 2.05) is 0 Å². The summed E-state index contributed by atoms with van der Waals surface area (Å²) >= 11 is 12.0. The van der Waals surface area contributed by atoms with Gasteiger partial charge < -0.3 is 10.1 Å². The molecule has 0 unspecified atom stereocenters. The van der Waals surface area contributed by atoms with Crippen molar-refractivity contribution in [3.63, 3.8) is 0 Å². The molecule has 0 spiro atoms. The highest BCUT2D eigenvalue weighted by molar-refractivity contribution is 6.39. The molecule has 0 aromatic heterocycles. The highest BCUT2D eigenvalue weighted by Crippen LogP contribution is 2.49. The number of esters is 1. The van der Waals surface area contributed by atoms with E-state index in [1.165, 1.54) is 19.3 Å². The molecule has 2 saturated carbocycles. The lowest BCUT2D eigenvalue weighted by Crippen LogP contribution is -2.23. The fraction of sp³-hybridized carbons (Fsp3) is 0.529. The van der Waals surface area contributed by atoms with Gasteiger partial charge in [0.1, 0.15) is 0 Å². The maximum absolute atomic E-state index is 11.9. The van der Waals surface area contributed by atoms with E-state index in [1.54, 1.807) is 18.2 Å². The highest BCUT2D eigenvalue weighted by Gasteiger charge is 2.40. The van der Waals surface area contributed by atoms with Gasteiger partial charge >= 0.3 is 5.97 Å². The van der Waals surface area contributed by atoms with Crippen LogP contribution in [-0.4, -0.2) is 18.5 Å². The molecule has 0 radical (unpaired) electrons. The van der Waals surface area contributed by atoms with Crippen LogP contribution < -0.4 is 5.32 Å². The maximum Gasteiger partial charge on any atom is 0.306 e. The predicted octanol–water partition coefficient (Wildman–Crippen LogP) is 4.30. The molecule has 0 heterocycles. The number of amides is 1. The molecule has 1 N–H and O–H groups in total. The van der Waals surface area contributed by atoms with Gasteiger partial charge in [0.2, 0.25) is 0 Å². The number of carbonyl (C=O) groups excluding carboxylic acids is 2. The molecule has 23 heavy (non-hydrogen) atoms. The Hall–Kier alpha value is -1.26. The minimum Gasteiger partial charge on any atom is -0.456 e. The van der Waals surface area contributed by atoms with Gasteiger partial charge in [-0.3, -0.25) is 9.59 Å². The van der Waals surface area contributed by atoms with Crippen molar-refractivity contribution in [1.29, 1.82) is 0 Å². The second-order valence-electron chi connectivity index (χ2n) is 6.44. The third-order valence-electron chi connectivity index (χ3n) is 4.90. The van der Waals surface area contributed by atoms with Crippen molar-refractivity contribution in [2.24, 2.45) is 17.8 Å². The molecule has 3 atom stereocenters. The SMILES string of the molecule is O=C(COC(=O)C[C@@H]1C[C@H]2CC[C@H]1C2)Nc1c(Cl)cccc1Cl. The molecule has 1 amide bonds. The van der Waals surface area contributed by atoms with Gasteiger partial charge in [-0.1, -0.05) is 35.7 Å². The van der Waals surface area contributed by atoms with Crippen molar-refractivity contribution in [1.82, 2.24) is 0 Å². The normalized spacial score (nSPS) is 25.4. The van der Waals surface area contributed by atoms with Crippen LogP contribution in [0, 0.1) is 17.8 Å². The number of rotatable bonds is 5. The predicted molar refractivity (Wildman–Crippen MR) is 89.6 cm³/mol. The van der Waals surface area contributed by atoms with E-state index in [4.69, 9.17) is 27.9 Å². The summed E-state index contributed by atoms with van der Waals surface area (Å²) in [6.45, 7) is -0.318. The first-order valence-electron chi connectivity index (χ1n) is 7.92. The van der Waals surface area contributed by atoms with E-state index in [0.29, 0.717) is 34.0 Å². The minimum absolute atomic E-state index is 0.303. The topological polar surface area (TPSA) is 55.4 Å². The van der Waals surface area contributed by atoms with Gasteiger partial charge in [0.15, 0.2) is 6.61 Å². The first-order valence-corrected chi connectivity index (χ1v) is 8.68. The third-order valence-corrected chi connectivity index (χ3v) is 5.53. The lowest BCUT2D eigenvalue weighted by Gasteiger charge is -2.20. The monoisotopic (exact) mass is 355 g/mol. The summed E-state index contributed by atoms with van der Waals surface area (Å²) in [5.74, 6) is 1.15. The highest BCUT2D eigenvalue weighted by atomic mass is 35.5. The van der Waals surface area contributed by atoms with Crippen molar-refractivity contribution < 1.29 is 14.3 Å². The lowest BCUT2D eigenvalue weighted by molar-refractivity contribution is -0.148. The number of nitrogens with one attached hydrogen (secondary N) is 1. The van der Waals surface area contributed by atoms with Crippen LogP contribution in [0.2, 0.25) is 10.0 Å². The van der Waals surface area contributed by atoms with E-state index >= 15 is 0 Å². The van der Waals surface area contributed by atoms with Crippen LogP contribution in [0.25, 0.3) is 0 Å². The standard InChI is InChI=1S/C17H19Cl2NO3/c18-13-2-1-3-14(19)17(13)20-15(21)9-23-16(22)8-12-7-10-4-5-11(12)6-10/h1-3,10-12H,4-9H2,(H,20,21)/t10-,11-,12-/m0/s1. The van der Waals surface area contributed by atoms with Crippen molar-refractivity contribution >= 4 is 40.8 Å². The number of para-hydroxylation sites is 1. The Morgan fingerprint density at radius 3 is 2.52 bits per heavy atom. The summed E-state index contributed by atoms with van der Waals surface area (Å²) in [7, 11) is 0. The number of hydrogen-bond acceptors (Lipinski definition) is 3. The zero-order chi connectivity index (χ0) is 16.4. The van der Waals surface area contributed by atoms with Crippen molar-refractivity contribution in [2.75, 3.05) is 11.9 Å². The van der Waals surface area contributed by atoms with Gasteiger partial charge in [-0.15, -0.1) is 0 Å². The molecule has 2 aliphatic rings. The van der Waals surface area contributed by atoms with Gasteiger partial charge in [-0.25, -0.2) is 0 Å². The summed E-state index contributed by atoms with van der Waals surface area (Å²) < 4.78 is 5.09. The Labute approximate surface area is 145 Å². The molecule has 6 heteroatoms. The number of hydrogen-bond donors (Lipinski definition) is 1. The molecule has 0 aliphatic heterocycles. The molecule has 2 fully saturated rings. The Morgan fingerprint density at radius 2 is 1.91 bits per heavy atom. The Bertz CT molecular complexity index is 600. The van der Waals surface area contributed by atoms with Crippen molar-refractivity contribution in [3.8, 4) is 0 Å². The van der Waals surface area contributed by atoms with Crippen molar-refractivity contribution in [2.45, 2.75) is 32.1 Å². The Morgan fingerprint density at radius 1 is 1.17 bits per heavy atom. The fourth-order valence-corrected chi connectivity index (χ4v) is 4.33. The molecule has 1 aromatic rings. The second-order valence-corrected chi connectivity index (χ2v) is 7.26. The smallest absolute Gasteiger partial charge is 0.306 e. The molecular formula is C17H19Cl2NO3. The summed E-state index contributed by atoms with van der Waals surface area (Å²) in [6, 6.07) is 4.95. The number of fused-ring (bicyclic) bond motifs is 2. The fourth-order valence-electron chi connectivity index (χ4n) is 3.84. The largest absolute Gasteiger partial charge is 0.456 e. The van der Waals surface area contributed by atoms with Gasteiger partial charge in [-0.2, -0.15) is 0 Å². The number of ether oxygens (including phenoxy) is 1. The molecule has 2 aliphatic carbocycles. The average molecular weight is 356 g/mol. The van der Waals surface area contributed by atoms with Crippen molar-refractivity contribution in [3.05, 3.63) is 28.2 Å². The molecule has 3 rings (SSSR count). The van der Waals surface area contributed by atoms with E-state index in [2.05, 4.69) is 5.32 Å². The number of carbonyl (C=O) groups is 2. The maximum atomic E-state index is 11.9. The van der Waals surface area contributed by atoms with Crippen LogP contribution in [0.15, 0.2) is 18.2 Å². The molecular weight excluding hydrogens is 337 g/mol. The second kappa shape index (κ2) is 7.10. The summed E-state index contributed by atoms with van der Waals surface area (Å²) in [6.07, 6.45) is 5.33. The zero-order valence-corrected chi connectivity index (χ0v) is 14.2. The van der Waals surface area contributed by atoms with Crippen LogP contribution >= 0.6 is 23.2 Å². The summed E-state index contributed by atoms with van der Waals surface area (Å²) in [4.78, 5) is 23.8. The van der Waals surface area contributed by atoms with Crippen LogP contribution in [0.1, 0.15) is 32.1 Å². The van der Waals surface area contributed by atoms with Crippen LogP contribution in [0.4, 0.5) is 5.69 Å². The molecule has 124 valence electrons. The summed E-state index contributed by atoms with van der Waals surface area (Å²) in [5, 5.41) is 3.27. The van der Waals surface area contributed by atoms with Gasteiger partial charge in [0.25, 0.3) is 5.91 Å². The number of benzene rings is 1. The van der Waals surface area contributed by atoms with E-state index in [-0.39, 0.29) is 12.6 Å². The lowest BCUT2D eigenvalue weighted by atomic mass is 9.86. The Kier molecular flexibility index (Phi) is 5.12. The molecule has 1 aromatic carbocycles. The van der Waals surface area contributed by atoms with E-state index in [0.717, 1.165) is 12.3 Å². The molecule has 0 saturated heterocycles. The number of anilines is 1. The average Bonchev–Trinajstić information content (AvgIpc) is 3.12. The van der Waals surface area contributed by atoms with Crippen LogP contribution in [-0.2, 0) is 14.3 Å². The van der Waals surface area contributed by atoms with Gasteiger partial charge in [0.05, 0.1) is 15.7 Å². The van der Waals surface area contributed by atoms with Gasteiger partial charge in [-0.05, 0) is 49.1 Å². The first-order chi connectivity index (χ1) is 11.0. The van der Waals surface area contributed by atoms with E-state index < -0.39 is 5.91 Å².